The average Bonchev–Trinajstić information content (AvgIpc) is 3.23. The molecule has 0 bridgehead atoms. The zero-order valence-electron chi connectivity index (χ0n) is 17.0. The molecule has 1 fully saturated rings. The molecule has 6 heteroatoms. The Morgan fingerprint density at radius 3 is 2.62 bits per heavy atom. The van der Waals surface area contributed by atoms with Gasteiger partial charge in [-0.2, -0.15) is 5.10 Å². The van der Waals surface area contributed by atoms with Gasteiger partial charge in [0.15, 0.2) is 11.5 Å². The van der Waals surface area contributed by atoms with E-state index >= 15 is 0 Å². The number of hydrogen-bond acceptors (Lipinski definition) is 4. The largest absolute Gasteiger partial charge is 0.304 e. The summed E-state index contributed by atoms with van der Waals surface area (Å²) in [6, 6.07) is 8.63. The van der Waals surface area contributed by atoms with E-state index in [0.29, 0.717) is 11.8 Å². The molecule has 2 atom stereocenters. The summed E-state index contributed by atoms with van der Waals surface area (Å²) in [5.74, 6) is 1.61. The number of pyridine rings is 1. The molecule has 2 unspecified atom stereocenters. The minimum atomic E-state index is 0.324. The van der Waals surface area contributed by atoms with Crippen LogP contribution in [-0.4, -0.2) is 29.0 Å². The van der Waals surface area contributed by atoms with Gasteiger partial charge in [-0.25, -0.2) is 14.5 Å². The topological polar surface area (TPSA) is 60.4 Å². The van der Waals surface area contributed by atoms with Crippen LogP contribution in [0.15, 0.2) is 36.7 Å². The van der Waals surface area contributed by atoms with Crippen LogP contribution in [0.25, 0.3) is 22.1 Å². The molecule has 144 valence electrons. The number of hydrogen-bond donors (Lipinski definition) is 0. The van der Waals surface area contributed by atoms with E-state index in [1.165, 1.54) is 27.7 Å². The molecule has 6 rings (SSSR count). The SMILES string of the molecule is Cc1cccc2c1ccn1c(C)c(C3CC3c3nc4c(C)ncc(C)n4n3)nc21. The molecule has 1 aromatic carbocycles. The first-order chi connectivity index (χ1) is 14.0. The molecule has 1 aliphatic rings. The minimum Gasteiger partial charge on any atom is -0.304 e. The molecule has 1 aliphatic carbocycles. The first-order valence-electron chi connectivity index (χ1n) is 10.1. The molecule has 0 saturated heterocycles. The second-order valence-electron chi connectivity index (χ2n) is 8.27. The van der Waals surface area contributed by atoms with Crippen molar-refractivity contribution in [1.82, 2.24) is 29.0 Å². The Morgan fingerprint density at radius 1 is 0.931 bits per heavy atom. The van der Waals surface area contributed by atoms with Crippen molar-refractivity contribution in [1.29, 1.82) is 0 Å². The molecule has 4 heterocycles. The number of aromatic nitrogens is 6. The van der Waals surface area contributed by atoms with Crippen molar-refractivity contribution in [3.8, 4) is 0 Å². The van der Waals surface area contributed by atoms with E-state index in [1.807, 2.05) is 24.6 Å². The highest BCUT2D eigenvalue weighted by Crippen LogP contribution is 2.54. The van der Waals surface area contributed by atoms with Crippen molar-refractivity contribution < 1.29 is 0 Å². The fraction of sp³-hybridized carbons (Fsp3) is 0.304. The molecule has 0 aliphatic heterocycles. The first-order valence-corrected chi connectivity index (χ1v) is 10.1. The van der Waals surface area contributed by atoms with Crippen LogP contribution >= 0.6 is 0 Å². The van der Waals surface area contributed by atoms with Gasteiger partial charge in [0.1, 0.15) is 5.65 Å². The maximum atomic E-state index is 5.10. The van der Waals surface area contributed by atoms with Crippen molar-refractivity contribution in [3.05, 3.63) is 70.8 Å². The molecule has 5 aromatic rings. The molecule has 0 spiro atoms. The normalized spacial score (nSPS) is 18.9. The van der Waals surface area contributed by atoms with E-state index in [9.17, 15) is 0 Å². The summed E-state index contributed by atoms with van der Waals surface area (Å²) in [5.41, 5.74) is 7.50. The van der Waals surface area contributed by atoms with E-state index in [4.69, 9.17) is 15.1 Å². The van der Waals surface area contributed by atoms with Crippen LogP contribution < -0.4 is 0 Å². The van der Waals surface area contributed by atoms with E-state index in [2.05, 4.69) is 53.7 Å². The molecular weight excluding hydrogens is 360 g/mol. The summed E-state index contributed by atoms with van der Waals surface area (Å²) in [7, 11) is 0. The Bertz CT molecular complexity index is 1400. The van der Waals surface area contributed by atoms with Gasteiger partial charge in [0.25, 0.3) is 0 Å². The minimum absolute atomic E-state index is 0.324. The van der Waals surface area contributed by atoms with Crippen molar-refractivity contribution in [2.75, 3.05) is 0 Å². The number of nitrogens with zero attached hydrogens (tertiary/aromatic N) is 6. The maximum Gasteiger partial charge on any atom is 0.177 e. The lowest BCUT2D eigenvalue weighted by molar-refractivity contribution is 0.827. The second kappa shape index (κ2) is 5.63. The highest BCUT2D eigenvalue weighted by Gasteiger charge is 2.45. The molecule has 0 amide bonds. The van der Waals surface area contributed by atoms with Crippen LogP contribution in [0.3, 0.4) is 0 Å². The Labute approximate surface area is 168 Å². The third-order valence-corrected chi connectivity index (χ3v) is 6.34. The van der Waals surface area contributed by atoms with Crippen LogP contribution in [0.5, 0.6) is 0 Å². The molecular formula is C23H22N6. The summed E-state index contributed by atoms with van der Waals surface area (Å²) in [5, 5.41) is 7.27. The quantitative estimate of drug-likeness (QED) is 0.453. The molecule has 4 aromatic heterocycles. The smallest absolute Gasteiger partial charge is 0.177 e. The Hall–Kier alpha value is -3.28. The van der Waals surface area contributed by atoms with Gasteiger partial charge < -0.3 is 4.40 Å². The first kappa shape index (κ1) is 16.7. The molecule has 0 radical (unpaired) electrons. The number of aryl methyl sites for hydroxylation is 4. The predicted octanol–water partition coefficient (Wildman–Crippen LogP) is 4.43. The summed E-state index contributed by atoms with van der Waals surface area (Å²) >= 11 is 0. The van der Waals surface area contributed by atoms with Gasteiger partial charge in [0.05, 0.1) is 17.1 Å². The summed E-state index contributed by atoms with van der Waals surface area (Å²) in [6.07, 6.45) is 5.05. The molecule has 0 N–H and O–H groups in total. The average molecular weight is 382 g/mol. The number of rotatable bonds is 2. The van der Waals surface area contributed by atoms with E-state index in [-0.39, 0.29) is 0 Å². The third-order valence-electron chi connectivity index (χ3n) is 6.34. The van der Waals surface area contributed by atoms with E-state index < -0.39 is 0 Å². The summed E-state index contributed by atoms with van der Waals surface area (Å²) < 4.78 is 4.14. The van der Waals surface area contributed by atoms with Crippen LogP contribution in [-0.2, 0) is 0 Å². The van der Waals surface area contributed by atoms with Gasteiger partial charge in [-0.05, 0) is 51.1 Å². The van der Waals surface area contributed by atoms with Gasteiger partial charge in [-0.1, -0.05) is 18.2 Å². The van der Waals surface area contributed by atoms with Crippen LogP contribution in [0.2, 0.25) is 0 Å². The van der Waals surface area contributed by atoms with Crippen molar-refractivity contribution in [2.24, 2.45) is 0 Å². The van der Waals surface area contributed by atoms with Crippen molar-refractivity contribution in [2.45, 2.75) is 46.0 Å². The van der Waals surface area contributed by atoms with Gasteiger partial charge in [0.2, 0.25) is 0 Å². The monoisotopic (exact) mass is 382 g/mol. The fourth-order valence-corrected chi connectivity index (χ4v) is 4.55. The van der Waals surface area contributed by atoms with Crippen LogP contribution in [0, 0.1) is 27.7 Å². The number of fused-ring (bicyclic) bond motifs is 4. The van der Waals surface area contributed by atoms with Crippen LogP contribution in [0.4, 0.5) is 0 Å². The Balaban J connectivity index is 1.45. The Kier molecular flexibility index (Phi) is 3.23. The Morgan fingerprint density at radius 2 is 1.79 bits per heavy atom. The highest BCUT2D eigenvalue weighted by molar-refractivity contribution is 5.96. The lowest BCUT2D eigenvalue weighted by Gasteiger charge is -2.04. The van der Waals surface area contributed by atoms with Gasteiger partial charge in [-0.15, -0.1) is 0 Å². The van der Waals surface area contributed by atoms with Crippen LogP contribution in [0.1, 0.15) is 52.4 Å². The lowest BCUT2D eigenvalue weighted by Crippen LogP contribution is -1.97. The maximum absolute atomic E-state index is 5.10. The highest BCUT2D eigenvalue weighted by atomic mass is 15.3. The predicted molar refractivity (Wildman–Crippen MR) is 113 cm³/mol. The standard InChI is InChI=1S/C23H22N6/c1-12-6-5-7-17-16(12)8-9-28-15(4)20(25-23(17)28)18-10-19(18)21-26-22-14(3)24-11-13(2)29(22)27-21/h5-9,11,18-19H,10H2,1-4H3. The van der Waals surface area contributed by atoms with Gasteiger partial charge in [-0.3, -0.25) is 4.98 Å². The molecule has 1 saturated carbocycles. The van der Waals surface area contributed by atoms with Gasteiger partial charge >= 0.3 is 0 Å². The zero-order valence-corrected chi connectivity index (χ0v) is 17.0. The fourth-order valence-electron chi connectivity index (χ4n) is 4.55. The van der Waals surface area contributed by atoms with E-state index in [1.54, 1.807) is 0 Å². The third kappa shape index (κ3) is 2.29. The van der Waals surface area contributed by atoms with Gasteiger partial charge in [0, 0.05) is 35.3 Å². The summed E-state index contributed by atoms with van der Waals surface area (Å²) in [6.45, 7) is 8.32. The second-order valence-corrected chi connectivity index (χ2v) is 8.27. The summed E-state index contributed by atoms with van der Waals surface area (Å²) in [4.78, 5) is 14.3. The lowest BCUT2D eigenvalue weighted by atomic mass is 10.1. The number of benzene rings is 1. The zero-order chi connectivity index (χ0) is 19.9. The molecule has 29 heavy (non-hydrogen) atoms. The number of imidazole rings is 1. The molecule has 6 nitrogen and oxygen atoms in total. The van der Waals surface area contributed by atoms with E-state index in [0.717, 1.165) is 34.9 Å². The van der Waals surface area contributed by atoms with Crippen molar-refractivity contribution >= 4 is 22.1 Å². The van der Waals surface area contributed by atoms with Crippen molar-refractivity contribution in [3.63, 3.8) is 0 Å².